The van der Waals surface area contributed by atoms with E-state index in [0.717, 1.165) is 63.9 Å². The van der Waals surface area contributed by atoms with Gasteiger partial charge in [-0.25, -0.2) is 0 Å². The second kappa shape index (κ2) is 10.9. The maximum Gasteiger partial charge on any atom is 0.193 e. The van der Waals surface area contributed by atoms with E-state index in [-0.39, 0.29) is 36.2 Å². The van der Waals surface area contributed by atoms with Crippen LogP contribution in [-0.4, -0.2) is 81.4 Å². The molecule has 6 nitrogen and oxygen atoms in total. The third-order valence-corrected chi connectivity index (χ3v) is 4.83. The van der Waals surface area contributed by atoms with Gasteiger partial charge in [-0.2, -0.15) is 0 Å². The lowest BCUT2D eigenvalue weighted by atomic mass is 10.1. The van der Waals surface area contributed by atoms with Gasteiger partial charge in [-0.05, 0) is 19.2 Å². The molecule has 2 saturated heterocycles. The smallest absolute Gasteiger partial charge is 0.193 e. The number of likely N-dealkylation sites (N-methyl/N-ethyl adjacent to an activating group) is 1. The molecule has 1 atom stereocenters. The number of likely N-dealkylation sites (tertiary alicyclic amines) is 1. The van der Waals surface area contributed by atoms with Crippen LogP contribution in [0.15, 0.2) is 35.3 Å². The highest BCUT2D eigenvalue weighted by Gasteiger charge is 2.24. The van der Waals surface area contributed by atoms with E-state index in [2.05, 4.69) is 27.2 Å². The maximum absolute atomic E-state index is 6.07. The Labute approximate surface area is 173 Å². The number of rotatable bonds is 4. The van der Waals surface area contributed by atoms with E-state index in [1.165, 1.54) is 0 Å². The van der Waals surface area contributed by atoms with Crippen LogP contribution in [0.2, 0.25) is 0 Å². The van der Waals surface area contributed by atoms with Crippen molar-refractivity contribution >= 4 is 29.9 Å². The van der Waals surface area contributed by atoms with Crippen molar-refractivity contribution in [2.24, 2.45) is 4.99 Å². The standard InChI is InChI=1S/C19H30N4O2.HI/c1-20-19(21-14-18-15-22(2)12-13-24-18)23-10-8-17(9-11-23)25-16-6-4-3-5-7-16;/h3-7,17-18H,8-15H2,1-2H3,(H,20,21);1H. The topological polar surface area (TPSA) is 49.3 Å². The fraction of sp³-hybridized carbons (Fsp3) is 0.632. The van der Waals surface area contributed by atoms with Gasteiger partial charge in [0.15, 0.2) is 5.96 Å². The van der Waals surface area contributed by atoms with Crippen molar-refractivity contribution in [3.8, 4) is 5.75 Å². The summed E-state index contributed by atoms with van der Waals surface area (Å²) < 4.78 is 11.9. The van der Waals surface area contributed by atoms with Crippen LogP contribution >= 0.6 is 24.0 Å². The molecule has 1 N–H and O–H groups in total. The Morgan fingerprint density at radius 3 is 2.62 bits per heavy atom. The Balaban J connectivity index is 0.00000243. The first-order valence-corrected chi connectivity index (χ1v) is 9.22. The number of hydrogen-bond acceptors (Lipinski definition) is 4. The summed E-state index contributed by atoms with van der Waals surface area (Å²) in [5, 5.41) is 3.48. The van der Waals surface area contributed by atoms with Crippen LogP contribution in [-0.2, 0) is 4.74 Å². The Bertz CT molecular complexity index is 550. The lowest BCUT2D eigenvalue weighted by Gasteiger charge is -2.35. The van der Waals surface area contributed by atoms with E-state index in [9.17, 15) is 0 Å². The minimum atomic E-state index is 0. The van der Waals surface area contributed by atoms with Crippen molar-refractivity contribution in [3.63, 3.8) is 0 Å². The highest BCUT2D eigenvalue weighted by atomic mass is 127. The quantitative estimate of drug-likeness (QED) is 0.412. The number of nitrogens with zero attached hydrogens (tertiary/aromatic N) is 3. The third-order valence-electron chi connectivity index (χ3n) is 4.83. The van der Waals surface area contributed by atoms with Gasteiger partial charge in [0.2, 0.25) is 0 Å². The van der Waals surface area contributed by atoms with Gasteiger partial charge in [0.25, 0.3) is 0 Å². The van der Waals surface area contributed by atoms with E-state index in [4.69, 9.17) is 9.47 Å². The molecule has 0 aliphatic carbocycles. The second-order valence-electron chi connectivity index (χ2n) is 6.80. The molecule has 7 heteroatoms. The summed E-state index contributed by atoms with van der Waals surface area (Å²) in [7, 11) is 3.99. The van der Waals surface area contributed by atoms with E-state index >= 15 is 0 Å². The summed E-state index contributed by atoms with van der Waals surface area (Å²) in [6, 6.07) is 10.1. The summed E-state index contributed by atoms with van der Waals surface area (Å²) in [5.41, 5.74) is 0. The van der Waals surface area contributed by atoms with Crippen LogP contribution in [0, 0.1) is 0 Å². The van der Waals surface area contributed by atoms with Crippen molar-refractivity contribution in [1.29, 1.82) is 0 Å². The highest BCUT2D eigenvalue weighted by Crippen LogP contribution is 2.18. The molecule has 0 radical (unpaired) electrons. The number of piperidine rings is 1. The minimum absolute atomic E-state index is 0. The van der Waals surface area contributed by atoms with Crippen molar-refractivity contribution in [2.45, 2.75) is 25.0 Å². The zero-order chi connectivity index (χ0) is 17.5. The predicted molar refractivity (Wildman–Crippen MR) is 116 cm³/mol. The van der Waals surface area contributed by atoms with Crippen LogP contribution in [0.3, 0.4) is 0 Å². The lowest BCUT2D eigenvalue weighted by Crippen LogP contribution is -2.51. The van der Waals surface area contributed by atoms with Crippen LogP contribution in [0.25, 0.3) is 0 Å². The second-order valence-corrected chi connectivity index (χ2v) is 6.80. The number of halogens is 1. The molecule has 2 aliphatic heterocycles. The zero-order valence-electron chi connectivity index (χ0n) is 15.8. The van der Waals surface area contributed by atoms with Crippen molar-refractivity contribution in [3.05, 3.63) is 30.3 Å². The molecule has 0 bridgehead atoms. The summed E-state index contributed by atoms with van der Waals surface area (Å²) >= 11 is 0. The van der Waals surface area contributed by atoms with Gasteiger partial charge < -0.3 is 24.6 Å². The van der Waals surface area contributed by atoms with Crippen molar-refractivity contribution < 1.29 is 9.47 Å². The molecule has 1 aromatic carbocycles. The highest BCUT2D eigenvalue weighted by molar-refractivity contribution is 14.0. The first kappa shape index (κ1) is 21.2. The maximum atomic E-state index is 6.07. The van der Waals surface area contributed by atoms with Gasteiger partial charge in [0.05, 0.1) is 12.7 Å². The molecule has 0 spiro atoms. The number of para-hydroxylation sites is 1. The molecule has 26 heavy (non-hydrogen) atoms. The normalized spacial score (nSPS) is 22.6. The molecule has 2 heterocycles. The van der Waals surface area contributed by atoms with Gasteiger partial charge in [-0.1, -0.05) is 18.2 Å². The zero-order valence-corrected chi connectivity index (χ0v) is 18.1. The van der Waals surface area contributed by atoms with Crippen molar-refractivity contribution in [2.75, 3.05) is 53.4 Å². The minimum Gasteiger partial charge on any atom is -0.490 e. The number of aliphatic imine (C=N–C) groups is 1. The predicted octanol–water partition coefficient (Wildman–Crippen LogP) is 2.05. The van der Waals surface area contributed by atoms with Gasteiger partial charge in [-0.15, -0.1) is 24.0 Å². The SMILES string of the molecule is CN=C(NCC1CN(C)CCO1)N1CCC(Oc2ccccc2)CC1.I. The van der Waals surface area contributed by atoms with Crippen LogP contribution in [0.5, 0.6) is 5.75 Å². The molecule has 146 valence electrons. The molecule has 3 rings (SSSR count). The first-order chi connectivity index (χ1) is 12.2. The molecule has 0 amide bonds. The Morgan fingerprint density at radius 2 is 1.96 bits per heavy atom. The molecular formula is C19H31IN4O2. The van der Waals surface area contributed by atoms with Gasteiger partial charge >= 0.3 is 0 Å². The Hall–Kier alpha value is -1.06. The van der Waals surface area contributed by atoms with E-state index in [1.807, 2.05) is 37.4 Å². The molecule has 1 unspecified atom stereocenters. The lowest BCUT2D eigenvalue weighted by molar-refractivity contribution is -0.0164. The van der Waals surface area contributed by atoms with E-state index in [0.29, 0.717) is 0 Å². The number of benzene rings is 1. The monoisotopic (exact) mass is 474 g/mol. The fourth-order valence-electron chi connectivity index (χ4n) is 3.40. The first-order valence-electron chi connectivity index (χ1n) is 9.22. The van der Waals surface area contributed by atoms with E-state index < -0.39 is 0 Å². The van der Waals surface area contributed by atoms with Crippen LogP contribution in [0.1, 0.15) is 12.8 Å². The Morgan fingerprint density at radius 1 is 1.23 bits per heavy atom. The number of guanidine groups is 1. The molecule has 1 aromatic rings. The van der Waals surface area contributed by atoms with Crippen LogP contribution < -0.4 is 10.1 Å². The molecule has 0 saturated carbocycles. The average molecular weight is 474 g/mol. The van der Waals surface area contributed by atoms with Gasteiger partial charge in [-0.3, -0.25) is 4.99 Å². The number of ether oxygens (including phenoxy) is 2. The summed E-state index contributed by atoms with van der Waals surface area (Å²) in [5.74, 6) is 1.93. The summed E-state index contributed by atoms with van der Waals surface area (Å²) in [6.45, 7) is 5.52. The summed E-state index contributed by atoms with van der Waals surface area (Å²) in [4.78, 5) is 9.07. The Kier molecular flexibility index (Phi) is 8.94. The van der Waals surface area contributed by atoms with Gasteiger partial charge in [0, 0.05) is 52.6 Å². The molecule has 0 aromatic heterocycles. The number of hydrogen-bond donors (Lipinski definition) is 1. The fourth-order valence-corrected chi connectivity index (χ4v) is 3.40. The van der Waals surface area contributed by atoms with Gasteiger partial charge in [0.1, 0.15) is 11.9 Å². The van der Waals surface area contributed by atoms with Crippen molar-refractivity contribution in [1.82, 2.24) is 15.1 Å². The molecule has 2 aliphatic rings. The number of morpholine rings is 1. The molecular weight excluding hydrogens is 443 g/mol. The van der Waals surface area contributed by atoms with E-state index in [1.54, 1.807) is 0 Å². The third kappa shape index (κ3) is 6.28. The largest absolute Gasteiger partial charge is 0.490 e. The molecule has 2 fully saturated rings. The average Bonchev–Trinajstić information content (AvgIpc) is 2.64. The van der Waals surface area contributed by atoms with Crippen LogP contribution in [0.4, 0.5) is 0 Å². The number of nitrogens with one attached hydrogen (secondary N) is 1. The summed E-state index contributed by atoms with van der Waals surface area (Å²) in [6.07, 6.45) is 2.54.